The minimum Gasteiger partial charge on any atom is -0.465 e. The summed E-state index contributed by atoms with van der Waals surface area (Å²) in [6.45, 7) is 1.89. The molecule has 0 aliphatic heterocycles. The Morgan fingerprint density at radius 2 is 1.94 bits per heavy atom. The summed E-state index contributed by atoms with van der Waals surface area (Å²) in [6.07, 6.45) is 0. The van der Waals surface area contributed by atoms with Gasteiger partial charge in [-0.05, 0) is 18.1 Å². The normalized spacial score (nSPS) is 10.2. The van der Waals surface area contributed by atoms with Gasteiger partial charge in [0.1, 0.15) is 5.00 Å². The lowest BCUT2D eigenvalue weighted by molar-refractivity contribution is 0.0602. The molecule has 3 nitrogen and oxygen atoms in total. The van der Waals surface area contributed by atoms with Crippen molar-refractivity contribution in [3.63, 3.8) is 0 Å². The SMILES string of the molecule is COC(=O)c1c(N)sc(-c2ccccc2)c1C. The van der Waals surface area contributed by atoms with E-state index in [1.807, 2.05) is 37.3 Å². The fourth-order valence-corrected chi connectivity index (χ4v) is 2.82. The van der Waals surface area contributed by atoms with Crippen molar-refractivity contribution in [1.82, 2.24) is 0 Å². The quantitative estimate of drug-likeness (QED) is 0.830. The van der Waals surface area contributed by atoms with Crippen LogP contribution >= 0.6 is 11.3 Å². The molecule has 2 N–H and O–H groups in total. The molecule has 88 valence electrons. The molecule has 0 aliphatic carbocycles. The van der Waals surface area contributed by atoms with Crippen LogP contribution in [0.3, 0.4) is 0 Å². The Morgan fingerprint density at radius 3 is 2.53 bits per heavy atom. The number of esters is 1. The second kappa shape index (κ2) is 4.59. The van der Waals surface area contributed by atoms with E-state index in [1.165, 1.54) is 18.4 Å². The predicted octanol–water partition coefficient (Wildman–Crippen LogP) is 3.09. The van der Waals surface area contributed by atoms with E-state index in [9.17, 15) is 4.79 Å². The minimum absolute atomic E-state index is 0.376. The van der Waals surface area contributed by atoms with Gasteiger partial charge in [-0.15, -0.1) is 11.3 Å². The van der Waals surface area contributed by atoms with Crippen molar-refractivity contribution >= 4 is 22.3 Å². The summed E-state index contributed by atoms with van der Waals surface area (Å²) in [4.78, 5) is 12.6. The molecule has 0 aliphatic rings. The lowest BCUT2D eigenvalue weighted by atomic mass is 10.1. The van der Waals surface area contributed by atoms with Crippen molar-refractivity contribution in [3.05, 3.63) is 41.5 Å². The zero-order valence-electron chi connectivity index (χ0n) is 9.69. The maximum absolute atomic E-state index is 11.6. The third kappa shape index (κ3) is 2.03. The predicted molar refractivity (Wildman–Crippen MR) is 70.2 cm³/mol. The van der Waals surface area contributed by atoms with Gasteiger partial charge in [-0.1, -0.05) is 30.3 Å². The number of carbonyl (C=O) groups excluding carboxylic acids is 1. The average Bonchev–Trinajstić information content (AvgIpc) is 2.65. The molecule has 1 heterocycles. The van der Waals surface area contributed by atoms with Gasteiger partial charge in [0, 0.05) is 4.88 Å². The maximum atomic E-state index is 11.6. The van der Waals surface area contributed by atoms with E-state index in [1.54, 1.807) is 0 Å². The van der Waals surface area contributed by atoms with E-state index in [0.29, 0.717) is 10.6 Å². The number of methoxy groups -OCH3 is 1. The Kier molecular flexibility index (Phi) is 3.15. The lowest BCUT2D eigenvalue weighted by Crippen LogP contribution is -2.04. The molecule has 0 radical (unpaired) electrons. The van der Waals surface area contributed by atoms with Gasteiger partial charge in [0.2, 0.25) is 0 Å². The van der Waals surface area contributed by atoms with Gasteiger partial charge < -0.3 is 10.5 Å². The van der Waals surface area contributed by atoms with Crippen molar-refractivity contribution in [2.75, 3.05) is 12.8 Å². The number of benzene rings is 1. The second-order valence-electron chi connectivity index (χ2n) is 3.65. The van der Waals surface area contributed by atoms with Crippen LogP contribution in [0.25, 0.3) is 10.4 Å². The van der Waals surface area contributed by atoms with Crippen LogP contribution in [0.4, 0.5) is 5.00 Å². The van der Waals surface area contributed by atoms with Crippen LogP contribution in [-0.4, -0.2) is 13.1 Å². The van der Waals surface area contributed by atoms with Crippen LogP contribution < -0.4 is 5.73 Å². The molecule has 0 fully saturated rings. The first-order chi connectivity index (χ1) is 8.15. The fraction of sp³-hybridized carbons (Fsp3) is 0.154. The summed E-state index contributed by atoms with van der Waals surface area (Å²) >= 11 is 1.41. The number of ether oxygens (including phenoxy) is 1. The molecule has 4 heteroatoms. The van der Waals surface area contributed by atoms with Crippen molar-refractivity contribution in [2.45, 2.75) is 6.92 Å². The van der Waals surface area contributed by atoms with E-state index >= 15 is 0 Å². The van der Waals surface area contributed by atoms with Crippen LogP contribution in [0.15, 0.2) is 30.3 Å². The molecular formula is C13H13NO2S. The Morgan fingerprint density at radius 1 is 1.29 bits per heavy atom. The third-order valence-electron chi connectivity index (χ3n) is 2.60. The summed E-state index contributed by atoms with van der Waals surface area (Å²) in [6, 6.07) is 9.88. The highest BCUT2D eigenvalue weighted by Gasteiger charge is 2.20. The van der Waals surface area contributed by atoms with Crippen LogP contribution in [0.2, 0.25) is 0 Å². The molecule has 0 amide bonds. The molecule has 0 saturated heterocycles. The average molecular weight is 247 g/mol. The Bertz CT molecular complexity index is 546. The highest BCUT2D eigenvalue weighted by molar-refractivity contribution is 7.19. The van der Waals surface area contributed by atoms with Crippen LogP contribution in [-0.2, 0) is 4.74 Å². The highest BCUT2D eigenvalue weighted by Crippen LogP contribution is 2.38. The first-order valence-electron chi connectivity index (χ1n) is 5.17. The monoisotopic (exact) mass is 247 g/mol. The number of rotatable bonds is 2. The van der Waals surface area contributed by atoms with Gasteiger partial charge in [-0.2, -0.15) is 0 Å². The summed E-state index contributed by atoms with van der Waals surface area (Å²) < 4.78 is 4.73. The molecule has 0 atom stereocenters. The number of nitrogen functional groups attached to an aromatic ring is 1. The number of hydrogen-bond donors (Lipinski definition) is 1. The molecule has 1 aromatic heterocycles. The zero-order valence-corrected chi connectivity index (χ0v) is 10.5. The van der Waals surface area contributed by atoms with E-state index < -0.39 is 0 Å². The second-order valence-corrected chi connectivity index (χ2v) is 4.71. The molecule has 0 bridgehead atoms. The number of anilines is 1. The fourth-order valence-electron chi connectivity index (χ4n) is 1.76. The Labute approximate surface area is 104 Å². The van der Waals surface area contributed by atoms with Crippen LogP contribution in [0.5, 0.6) is 0 Å². The maximum Gasteiger partial charge on any atom is 0.341 e. The summed E-state index contributed by atoms with van der Waals surface area (Å²) in [5.41, 5.74) is 8.30. The van der Waals surface area contributed by atoms with Gasteiger partial charge >= 0.3 is 5.97 Å². The largest absolute Gasteiger partial charge is 0.465 e. The summed E-state index contributed by atoms with van der Waals surface area (Å²) in [5, 5.41) is 0.508. The molecule has 17 heavy (non-hydrogen) atoms. The minimum atomic E-state index is -0.376. The first-order valence-corrected chi connectivity index (χ1v) is 5.99. The molecule has 0 saturated carbocycles. The highest BCUT2D eigenvalue weighted by atomic mass is 32.1. The zero-order chi connectivity index (χ0) is 12.4. The third-order valence-corrected chi connectivity index (χ3v) is 3.77. The standard InChI is InChI=1S/C13H13NO2S/c1-8-10(13(15)16-2)12(14)17-11(8)9-6-4-3-5-7-9/h3-7H,14H2,1-2H3. The Balaban J connectivity index is 2.56. The van der Waals surface area contributed by atoms with Crippen molar-refractivity contribution in [2.24, 2.45) is 0 Å². The molecular weight excluding hydrogens is 234 g/mol. The van der Waals surface area contributed by atoms with Crippen LogP contribution in [0, 0.1) is 6.92 Å². The summed E-state index contributed by atoms with van der Waals surface area (Å²) in [7, 11) is 1.36. The van der Waals surface area contributed by atoms with E-state index in [0.717, 1.165) is 16.0 Å². The lowest BCUT2D eigenvalue weighted by Gasteiger charge is -2.01. The Hall–Kier alpha value is -1.81. The van der Waals surface area contributed by atoms with Gasteiger partial charge in [0.15, 0.2) is 0 Å². The molecule has 0 unspecified atom stereocenters. The molecule has 2 rings (SSSR count). The topological polar surface area (TPSA) is 52.3 Å². The number of thiophene rings is 1. The van der Waals surface area contributed by atoms with Gasteiger partial charge in [0.25, 0.3) is 0 Å². The van der Waals surface area contributed by atoms with Crippen molar-refractivity contribution < 1.29 is 9.53 Å². The van der Waals surface area contributed by atoms with E-state index in [2.05, 4.69) is 0 Å². The molecule has 2 aromatic rings. The van der Waals surface area contributed by atoms with Crippen molar-refractivity contribution in [1.29, 1.82) is 0 Å². The van der Waals surface area contributed by atoms with Gasteiger partial charge in [0.05, 0.1) is 12.7 Å². The van der Waals surface area contributed by atoms with Gasteiger partial charge in [-0.25, -0.2) is 4.79 Å². The van der Waals surface area contributed by atoms with E-state index in [-0.39, 0.29) is 5.97 Å². The molecule has 1 aromatic carbocycles. The van der Waals surface area contributed by atoms with E-state index in [4.69, 9.17) is 10.5 Å². The summed E-state index contributed by atoms with van der Waals surface area (Å²) in [5.74, 6) is -0.376. The van der Waals surface area contributed by atoms with Crippen molar-refractivity contribution in [3.8, 4) is 10.4 Å². The van der Waals surface area contributed by atoms with Gasteiger partial charge in [-0.3, -0.25) is 0 Å². The number of hydrogen-bond acceptors (Lipinski definition) is 4. The molecule has 0 spiro atoms. The number of carbonyl (C=O) groups is 1. The number of nitrogens with two attached hydrogens (primary N) is 1. The first kappa shape index (κ1) is 11.7. The van der Waals surface area contributed by atoms with Crippen LogP contribution in [0.1, 0.15) is 15.9 Å². The smallest absolute Gasteiger partial charge is 0.341 e.